The van der Waals surface area contributed by atoms with Crippen molar-refractivity contribution in [3.8, 4) is 11.1 Å². The smallest absolute Gasteiger partial charge is 0.240 e. The zero-order chi connectivity index (χ0) is 18.7. The molecule has 0 saturated carbocycles. The third kappa shape index (κ3) is 3.86. The van der Waals surface area contributed by atoms with Gasteiger partial charge in [0.2, 0.25) is 10.0 Å². The number of aryl methyl sites for hydroxylation is 3. The van der Waals surface area contributed by atoms with E-state index in [9.17, 15) is 8.42 Å². The van der Waals surface area contributed by atoms with Crippen molar-refractivity contribution < 1.29 is 12.9 Å². The third-order valence-electron chi connectivity index (χ3n) is 4.35. The fourth-order valence-electron chi connectivity index (χ4n) is 2.99. The van der Waals surface area contributed by atoms with Gasteiger partial charge >= 0.3 is 0 Å². The standard InChI is InChI=1S/C20H22N2O3S/c1-14-9-10-18(20-15(2)22-25-16(20)3)13-19(14)26(23,24)21-12-11-17-7-5-4-6-8-17/h4-10,13,21H,11-12H2,1-3H3. The number of benzene rings is 2. The van der Waals surface area contributed by atoms with Crippen LogP contribution in [0.25, 0.3) is 11.1 Å². The summed E-state index contributed by atoms with van der Waals surface area (Å²) in [6.07, 6.45) is 0.642. The van der Waals surface area contributed by atoms with Crippen LogP contribution in [-0.2, 0) is 16.4 Å². The van der Waals surface area contributed by atoms with Gasteiger partial charge in [0, 0.05) is 12.1 Å². The molecule has 26 heavy (non-hydrogen) atoms. The topological polar surface area (TPSA) is 72.2 Å². The van der Waals surface area contributed by atoms with Crippen LogP contribution < -0.4 is 4.72 Å². The van der Waals surface area contributed by atoms with Crippen LogP contribution in [0.1, 0.15) is 22.6 Å². The zero-order valence-corrected chi connectivity index (χ0v) is 15.9. The molecule has 0 fully saturated rings. The van der Waals surface area contributed by atoms with Crippen LogP contribution in [0.15, 0.2) is 57.9 Å². The molecule has 0 radical (unpaired) electrons. The molecule has 0 unspecified atom stereocenters. The first-order chi connectivity index (χ1) is 12.4. The molecule has 0 aliphatic carbocycles. The monoisotopic (exact) mass is 370 g/mol. The summed E-state index contributed by atoms with van der Waals surface area (Å²) in [4.78, 5) is 0.281. The van der Waals surface area contributed by atoms with Gasteiger partial charge in [-0.1, -0.05) is 47.6 Å². The Bertz CT molecular complexity index is 989. The Kier molecular flexibility index (Phi) is 5.25. The van der Waals surface area contributed by atoms with Crippen LogP contribution >= 0.6 is 0 Å². The summed E-state index contributed by atoms with van der Waals surface area (Å²) in [7, 11) is -3.60. The Balaban J connectivity index is 1.84. The van der Waals surface area contributed by atoms with Gasteiger partial charge < -0.3 is 4.52 Å². The van der Waals surface area contributed by atoms with Gasteiger partial charge in [-0.15, -0.1) is 0 Å². The number of aromatic nitrogens is 1. The molecule has 0 atom stereocenters. The summed E-state index contributed by atoms with van der Waals surface area (Å²) in [6, 6.07) is 15.2. The number of sulfonamides is 1. The fraction of sp³-hybridized carbons (Fsp3) is 0.250. The summed E-state index contributed by atoms with van der Waals surface area (Å²) >= 11 is 0. The van der Waals surface area contributed by atoms with Gasteiger partial charge in [-0.25, -0.2) is 13.1 Å². The largest absolute Gasteiger partial charge is 0.361 e. The molecule has 1 aromatic heterocycles. The van der Waals surface area contributed by atoms with E-state index in [1.54, 1.807) is 13.0 Å². The summed E-state index contributed by atoms with van der Waals surface area (Å²) < 4.78 is 33.5. The van der Waals surface area contributed by atoms with Gasteiger partial charge in [0.05, 0.1) is 10.6 Å². The van der Waals surface area contributed by atoms with Gasteiger partial charge in [0.1, 0.15) is 5.76 Å². The summed E-state index contributed by atoms with van der Waals surface area (Å²) in [5.41, 5.74) is 4.16. The molecule has 1 N–H and O–H groups in total. The van der Waals surface area contributed by atoms with Gasteiger partial charge in [0.25, 0.3) is 0 Å². The van der Waals surface area contributed by atoms with Crippen LogP contribution in [0.5, 0.6) is 0 Å². The molecule has 0 spiro atoms. The van der Waals surface area contributed by atoms with Gasteiger partial charge in [0.15, 0.2) is 0 Å². The van der Waals surface area contributed by atoms with Crippen molar-refractivity contribution >= 4 is 10.0 Å². The SMILES string of the molecule is Cc1ccc(-c2c(C)noc2C)cc1S(=O)(=O)NCCc1ccccc1. The maximum atomic E-state index is 12.8. The first-order valence-corrected chi connectivity index (χ1v) is 9.94. The average Bonchev–Trinajstić information content (AvgIpc) is 2.95. The van der Waals surface area contributed by atoms with Crippen LogP contribution in [0, 0.1) is 20.8 Å². The number of hydrogen-bond acceptors (Lipinski definition) is 4. The molecule has 1 heterocycles. The highest BCUT2D eigenvalue weighted by molar-refractivity contribution is 7.89. The second-order valence-electron chi connectivity index (χ2n) is 6.31. The summed E-state index contributed by atoms with van der Waals surface area (Å²) in [5.74, 6) is 0.673. The molecule has 5 nitrogen and oxygen atoms in total. The minimum atomic E-state index is -3.60. The molecule has 6 heteroatoms. The van der Waals surface area contributed by atoms with E-state index in [-0.39, 0.29) is 4.90 Å². The third-order valence-corrected chi connectivity index (χ3v) is 5.95. The number of nitrogens with zero attached hydrogens (tertiary/aromatic N) is 1. The second kappa shape index (κ2) is 7.43. The molecular weight excluding hydrogens is 348 g/mol. The van der Waals surface area contributed by atoms with Crippen LogP contribution in [-0.4, -0.2) is 20.1 Å². The van der Waals surface area contributed by atoms with Crippen molar-refractivity contribution in [1.82, 2.24) is 9.88 Å². The van der Waals surface area contributed by atoms with Crippen molar-refractivity contribution in [3.05, 3.63) is 71.1 Å². The van der Waals surface area contributed by atoms with E-state index in [4.69, 9.17) is 4.52 Å². The minimum absolute atomic E-state index is 0.281. The predicted octanol–water partition coefficient (Wildman–Crippen LogP) is 3.79. The van der Waals surface area contributed by atoms with Crippen LogP contribution in [0.2, 0.25) is 0 Å². The fourth-order valence-corrected chi connectivity index (χ4v) is 4.29. The van der Waals surface area contributed by atoms with Crippen molar-refractivity contribution in [1.29, 1.82) is 0 Å². The Morgan fingerprint density at radius 3 is 2.42 bits per heavy atom. The highest BCUT2D eigenvalue weighted by Crippen LogP contribution is 2.29. The van der Waals surface area contributed by atoms with Crippen molar-refractivity contribution in [2.45, 2.75) is 32.1 Å². The van der Waals surface area contributed by atoms with Crippen molar-refractivity contribution in [3.63, 3.8) is 0 Å². The second-order valence-corrected chi connectivity index (χ2v) is 8.05. The molecule has 0 bridgehead atoms. The predicted molar refractivity (Wildman–Crippen MR) is 101 cm³/mol. The minimum Gasteiger partial charge on any atom is -0.361 e. The Labute approximate surface area is 154 Å². The first-order valence-electron chi connectivity index (χ1n) is 8.46. The molecule has 0 aliphatic heterocycles. The van der Waals surface area contributed by atoms with E-state index in [0.717, 1.165) is 22.4 Å². The van der Waals surface area contributed by atoms with E-state index < -0.39 is 10.0 Å². The summed E-state index contributed by atoms with van der Waals surface area (Å²) in [5, 5.41) is 3.95. The molecule has 3 aromatic rings. The van der Waals surface area contributed by atoms with E-state index in [1.165, 1.54) is 0 Å². The Morgan fingerprint density at radius 2 is 1.77 bits per heavy atom. The van der Waals surface area contributed by atoms with Gasteiger partial charge in [-0.05, 0) is 49.9 Å². The molecule has 3 rings (SSSR count). The zero-order valence-electron chi connectivity index (χ0n) is 15.1. The lowest BCUT2D eigenvalue weighted by atomic mass is 10.0. The maximum Gasteiger partial charge on any atom is 0.240 e. The Morgan fingerprint density at radius 1 is 1.04 bits per heavy atom. The van der Waals surface area contributed by atoms with E-state index >= 15 is 0 Å². The normalized spacial score (nSPS) is 11.7. The Hall–Kier alpha value is -2.44. The molecule has 0 aliphatic rings. The van der Waals surface area contributed by atoms with Crippen LogP contribution in [0.3, 0.4) is 0 Å². The van der Waals surface area contributed by atoms with Gasteiger partial charge in [-0.2, -0.15) is 0 Å². The highest BCUT2D eigenvalue weighted by Gasteiger charge is 2.19. The molecule has 0 saturated heterocycles. The molecule has 136 valence electrons. The number of rotatable bonds is 6. The molecular formula is C20H22N2O3S. The lowest BCUT2D eigenvalue weighted by molar-refractivity contribution is 0.393. The number of hydrogen-bond donors (Lipinski definition) is 1. The average molecular weight is 370 g/mol. The highest BCUT2D eigenvalue weighted by atomic mass is 32.2. The lowest BCUT2D eigenvalue weighted by Crippen LogP contribution is -2.26. The number of nitrogens with one attached hydrogen (secondary N) is 1. The van der Waals surface area contributed by atoms with E-state index in [2.05, 4.69) is 9.88 Å². The molecule has 0 amide bonds. The van der Waals surface area contributed by atoms with Crippen molar-refractivity contribution in [2.24, 2.45) is 0 Å². The first kappa shape index (κ1) is 18.4. The van der Waals surface area contributed by atoms with Gasteiger partial charge in [-0.3, -0.25) is 0 Å². The summed E-state index contributed by atoms with van der Waals surface area (Å²) in [6.45, 7) is 5.81. The maximum absolute atomic E-state index is 12.8. The van der Waals surface area contributed by atoms with E-state index in [1.807, 2.05) is 56.3 Å². The van der Waals surface area contributed by atoms with E-state index in [0.29, 0.717) is 24.3 Å². The lowest BCUT2D eigenvalue weighted by Gasteiger charge is -2.11. The molecule has 2 aromatic carbocycles. The van der Waals surface area contributed by atoms with Crippen LogP contribution in [0.4, 0.5) is 0 Å². The quantitative estimate of drug-likeness (QED) is 0.716. The van der Waals surface area contributed by atoms with Crippen molar-refractivity contribution in [2.75, 3.05) is 6.54 Å².